The molecule has 0 spiro atoms. The van der Waals surface area contributed by atoms with Crippen LogP contribution in [0.2, 0.25) is 0 Å². The highest BCUT2D eigenvalue weighted by molar-refractivity contribution is 14.1. The van der Waals surface area contributed by atoms with Crippen molar-refractivity contribution < 1.29 is 9.53 Å². The number of carbonyl (C=O) groups is 1. The first-order valence-corrected chi connectivity index (χ1v) is 11.9. The van der Waals surface area contributed by atoms with Gasteiger partial charge in [0.1, 0.15) is 5.00 Å². The number of thiophene rings is 1. The zero-order chi connectivity index (χ0) is 20.9. The molecule has 1 aliphatic rings. The number of aliphatic imine (C=N–C) groups is 1. The van der Waals surface area contributed by atoms with Crippen LogP contribution in [0.15, 0.2) is 59.6 Å². The van der Waals surface area contributed by atoms with Crippen LogP contribution in [0.1, 0.15) is 38.8 Å². The second kappa shape index (κ2) is 9.85. The smallest absolute Gasteiger partial charge is 0.341 e. The summed E-state index contributed by atoms with van der Waals surface area (Å²) >= 11 is 3.91. The summed E-state index contributed by atoms with van der Waals surface area (Å²) in [6.07, 6.45) is 2.69. The molecular weight excluding hydrogens is 507 g/mol. The normalized spacial score (nSPS) is 14.1. The molecule has 0 amide bonds. The van der Waals surface area contributed by atoms with Crippen LogP contribution in [0.4, 0.5) is 5.00 Å². The Kier molecular flexibility index (Phi) is 6.97. The Morgan fingerprint density at radius 1 is 1.20 bits per heavy atom. The quantitative estimate of drug-likeness (QED) is 0.229. The predicted molar refractivity (Wildman–Crippen MR) is 131 cm³/mol. The van der Waals surface area contributed by atoms with Crippen LogP contribution in [-0.2, 0) is 24.2 Å². The topological polar surface area (TPSA) is 41.9 Å². The fraction of sp³-hybridized carbons (Fsp3) is 0.250. The molecule has 154 valence electrons. The lowest BCUT2D eigenvalue weighted by molar-refractivity contribution is 0.0526. The Morgan fingerprint density at radius 2 is 1.97 bits per heavy atom. The molecule has 0 bridgehead atoms. The van der Waals surface area contributed by atoms with Gasteiger partial charge >= 0.3 is 5.97 Å². The average molecular weight is 530 g/mol. The number of halogens is 1. The van der Waals surface area contributed by atoms with Gasteiger partial charge in [-0.1, -0.05) is 48.5 Å². The van der Waals surface area contributed by atoms with E-state index in [1.165, 1.54) is 10.4 Å². The van der Waals surface area contributed by atoms with E-state index >= 15 is 0 Å². The highest BCUT2D eigenvalue weighted by Crippen LogP contribution is 2.39. The largest absolute Gasteiger partial charge is 0.462 e. The lowest BCUT2D eigenvalue weighted by Gasteiger charge is -2.27. The first-order valence-electron chi connectivity index (χ1n) is 10.0. The van der Waals surface area contributed by atoms with E-state index in [0.717, 1.165) is 45.8 Å². The third kappa shape index (κ3) is 4.82. The Morgan fingerprint density at radius 3 is 2.73 bits per heavy atom. The van der Waals surface area contributed by atoms with Crippen molar-refractivity contribution in [2.45, 2.75) is 26.4 Å². The van der Waals surface area contributed by atoms with Crippen molar-refractivity contribution in [1.82, 2.24) is 4.90 Å². The number of esters is 1. The average Bonchev–Trinajstić information content (AvgIpc) is 3.12. The zero-order valence-corrected chi connectivity index (χ0v) is 19.8. The fourth-order valence-electron chi connectivity index (χ4n) is 3.63. The summed E-state index contributed by atoms with van der Waals surface area (Å²) in [7, 11) is 0. The summed E-state index contributed by atoms with van der Waals surface area (Å²) < 4.78 is 6.50. The molecule has 0 aliphatic carbocycles. The van der Waals surface area contributed by atoms with E-state index in [9.17, 15) is 4.79 Å². The van der Waals surface area contributed by atoms with E-state index in [1.54, 1.807) is 11.3 Å². The molecule has 4 rings (SSSR count). The standard InChI is InChI=1S/C24H23IN2O2S/c1-2-29-24(28)22-19-12-13-27(15-17-8-4-3-5-9-17)16-21(19)30-23(22)26-14-18-10-6-7-11-20(18)25/h3-11,14H,2,12-13,15-16H2,1H3. The van der Waals surface area contributed by atoms with Gasteiger partial charge in [-0.25, -0.2) is 9.79 Å². The number of fused-ring (bicyclic) bond motifs is 1. The molecule has 0 saturated heterocycles. The van der Waals surface area contributed by atoms with Crippen LogP contribution in [-0.4, -0.2) is 30.2 Å². The first kappa shape index (κ1) is 21.2. The number of carbonyl (C=O) groups excluding carboxylic acids is 1. The van der Waals surface area contributed by atoms with Crippen molar-refractivity contribution in [3.05, 3.63) is 85.3 Å². The molecule has 0 unspecified atom stereocenters. The fourth-order valence-corrected chi connectivity index (χ4v) is 5.38. The van der Waals surface area contributed by atoms with E-state index in [1.807, 2.05) is 37.4 Å². The third-order valence-corrected chi connectivity index (χ3v) is 7.18. The second-order valence-electron chi connectivity index (χ2n) is 7.13. The van der Waals surface area contributed by atoms with E-state index < -0.39 is 0 Å². The minimum Gasteiger partial charge on any atom is -0.462 e. The van der Waals surface area contributed by atoms with Crippen LogP contribution in [0.25, 0.3) is 0 Å². The van der Waals surface area contributed by atoms with Crippen LogP contribution in [0.5, 0.6) is 0 Å². The molecule has 0 fully saturated rings. The van der Waals surface area contributed by atoms with Gasteiger partial charge in [0.25, 0.3) is 0 Å². The number of ether oxygens (including phenoxy) is 1. The molecule has 3 aromatic rings. The third-order valence-electron chi connectivity index (χ3n) is 5.07. The van der Waals surface area contributed by atoms with Crippen LogP contribution >= 0.6 is 33.9 Å². The minimum atomic E-state index is -0.263. The number of rotatable bonds is 6. The lowest BCUT2D eigenvalue weighted by atomic mass is 10.0. The van der Waals surface area contributed by atoms with Gasteiger partial charge in [-0.15, -0.1) is 11.3 Å². The van der Waals surface area contributed by atoms with Crippen molar-refractivity contribution in [3.8, 4) is 0 Å². The van der Waals surface area contributed by atoms with Gasteiger partial charge in [0.05, 0.1) is 12.2 Å². The highest BCUT2D eigenvalue weighted by Gasteiger charge is 2.28. The minimum absolute atomic E-state index is 0.263. The summed E-state index contributed by atoms with van der Waals surface area (Å²) in [5, 5.41) is 0.750. The molecule has 0 N–H and O–H groups in total. The van der Waals surface area contributed by atoms with Gasteiger partial charge in [0, 0.05) is 39.9 Å². The number of benzene rings is 2. The van der Waals surface area contributed by atoms with E-state index in [2.05, 4.69) is 57.8 Å². The molecule has 1 aromatic heterocycles. The van der Waals surface area contributed by atoms with Gasteiger partial charge in [-0.05, 0) is 53.1 Å². The molecule has 4 nitrogen and oxygen atoms in total. The zero-order valence-electron chi connectivity index (χ0n) is 16.8. The van der Waals surface area contributed by atoms with Crippen LogP contribution in [0, 0.1) is 3.57 Å². The molecule has 2 aromatic carbocycles. The van der Waals surface area contributed by atoms with Crippen molar-refractivity contribution in [1.29, 1.82) is 0 Å². The van der Waals surface area contributed by atoms with Gasteiger partial charge in [0.2, 0.25) is 0 Å². The van der Waals surface area contributed by atoms with Crippen LogP contribution < -0.4 is 0 Å². The Balaban J connectivity index is 1.63. The predicted octanol–water partition coefficient (Wildman–Crippen LogP) is 5.84. The van der Waals surface area contributed by atoms with Gasteiger partial charge in [0.15, 0.2) is 0 Å². The summed E-state index contributed by atoms with van der Waals surface area (Å²) in [4.78, 5) is 21.1. The summed E-state index contributed by atoms with van der Waals surface area (Å²) in [6, 6.07) is 18.6. The van der Waals surface area contributed by atoms with Gasteiger partial charge in [-0.3, -0.25) is 4.90 Å². The number of hydrogen-bond donors (Lipinski definition) is 0. The Hall–Kier alpha value is -2.03. The van der Waals surface area contributed by atoms with Crippen molar-refractivity contribution in [2.75, 3.05) is 13.2 Å². The molecular formula is C24H23IN2O2S. The maximum Gasteiger partial charge on any atom is 0.341 e. The Labute approximate surface area is 194 Å². The summed E-state index contributed by atoms with van der Waals surface area (Å²) in [5.74, 6) is -0.263. The molecule has 0 radical (unpaired) electrons. The molecule has 2 heterocycles. The number of hydrogen-bond acceptors (Lipinski definition) is 5. The van der Waals surface area contributed by atoms with E-state index in [-0.39, 0.29) is 5.97 Å². The maximum absolute atomic E-state index is 12.7. The summed E-state index contributed by atoms with van der Waals surface area (Å²) in [6.45, 7) is 4.87. The Bertz CT molecular complexity index is 1060. The monoisotopic (exact) mass is 530 g/mol. The van der Waals surface area contributed by atoms with E-state index in [0.29, 0.717) is 12.2 Å². The molecule has 30 heavy (non-hydrogen) atoms. The van der Waals surface area contributed by atoms with E-state index in [4.69, 9.17) is 9.73 Å². The van der Waals surface area contributed by atoms with Gasteiger partial charge < -0.3 is 4.74 Å². The van der Waals surface area contributed by atoms with Crippen LogP contribution in [0.3, 0.4) is 0 Å². The molecule has 6 heteroatoms. The highest BCUT2D eigenvalue weighted by atomic mass is 127. The molecule has 0 saturated carbocycles. The maximum atomic E-state index is 12.7. The van der Waals surface area contributed by atoms with Crippen molar-refractivity contribution in [2.24, 2.45) is 4.99 Å². The first-order chi connectivity index (χ1) is 14.7. The second-order valence-corrected chi connectivity index (χ2v) is 9.38. The number of nitrogens with zero attached hydrogens (tertiary/aromatic N) is 2. The molecule has 1 aliphatic heterocycles. The van der Waals surface area contributed by atoms with Gasteiger partial charge in [-0.2, -0.15) is 0 Å². The SMILES string of the molecule is CCOC(=O)c1c(N=Cc2ccccc2I)sc2c1CCN(Cc1ccccc1)C2. The van der Waals surface area contributed by atoms with Crippen molar-refractivity contribution in [3.63, 3.8) is 0 Å². The summed E-state index contributed by atoms with van der Waals surface area (Å²) in [5.41, 5.74) is 4.11. The van der Waals surface area contributed by atoms with Crippen molar-refractivity contribution >= 4 is 51.1 Å². The molecule has 0 atom stereocenters. The lowest BCUT2D eigenvalue weighted by Crippen LogP contribution is -2.29.